The number of rotatable bonds is 3. The Morgan fingerprint density at radius 2 is 2.07 bits per heavy atom. The molecule has 0 aromatic carbocycles. The fraction of sp³-hybridized carbons (Fsp3) is 0.636. The van der Waals surface area contributed by atoms with E-state index < -0.39 is 0 Å². The van der Waals surface area contributed by atoms with Crippen molar-refractivity contribution < 1.29 is 0 Å². The van der Waals surface area contributed by atoms with Gasteiger partial charge in [0.15, 0.2) is 0 Å². The van der Waals surface area contributed by atoms with Crippen LogP contribution >= 0.6 is 22.9 Å². The highest BCUT2D eigenvalue weighted by Crippen LogP contribution is 2.22. The summed E-state index contributed by atoms with van der Waals surface area (Å²) in [7, 11) is 0. The van der Waals surface area contributed by atoms with Crippen molar-refractivity contribution in [2.45, 2.75) is 44.7 Å². The average molecular weight is 230 g/mol. The summed E-state index contributed by atoms with van der Waals surface area (Å²) in [5.74, 6) is 0. The quantitative estimate of drug-likeness (QED) is 0.831. The van der Waals surface area contributed by atoms with Gasteiger partial charge in [-0.2, -0.15) is 0 Å². The van der Waals surface area contributed by atoms with Crippen molar-refractivity contribution in [3.63, 3.8) is 0 Å². The predicted molar refractivity (Wildman–Crippen MR) is 63.0 cm³/mol. The molecule has 14 heavy (non-hydrogen) atoms. The monoisotopic (exact) mass is 229 g/mol. The van der Waals surface area contributed by atoms with Gasteiger partial charge in [0.25, 0.3) is 0 Å². The van der Waals surface area contributed by atoms with Crippen molar-refractivity contribution in [3.8, 4) is 0 Å². The molecule has 1 N–H and O–H groups in total. The van der Waals surface area contributed by atoms with Gasteiger partial charge in [-0.15, -0.1) is 11.3 Å². The van der Waals surface area contributed by atoms with E-state index in [4.69, 9.17) is 11.6 Å². The van der Waals surface area contributed by atoms with Gasteiger partial charge in [0.2, 0.25) is 0 Å². The average Bonchev–Trinajstić information content (AvgIpc) is 2.63. The van der Waals surface area contributed by atoms with E-state index >= 15 is 0 Å². The minimum atomic E-state index is 0.740. The number of halogens is 1. The van der Waals surface area contributed by atoms with Gasteiger partial charge in [-0.25, -0.2) is 0 Å². The zero-order valence-electron chi connectivity index (χ0n) is 8.26. The van der Waals surface area contributed by atoms with Gasteiger partial charge in [0, 0.05) is 17.5 Å². The summed E-state index contributed by atoms with van der Waals surface area (Å²) in [6.07, 6.45) is 6.90. The van der Waals surface area contributed by atoms with Crippen LogP contribution in [0.4, 0.5) is 0 Å². The van der Waals surface area contributed by atoms with E-state index in [2.05, 4.69) is 11.4 Å². The molecule has 0 bridgehead atoms. The summed E-state index contributed by atoms with van der Waals surface area (Å²) in [5, 5.41) is 3.60. The molecule has 1 fully saturated rings. The number of hydrogen-bond acceptors (Lipinski definition) is 2. The van der Waals surface area contributed by atoms with Crippen LogP contribution in [0.25, 0.3) is 0 Å². The van der Waals surface area contributed by atoms with Crippen molar-refractivity contribution in [2.75, 3.05) is 0 Å². The topological polar surface area (TPSA) is 12.0 Å². The van der Waals surface area contributed by atoms with Gasteiger partial charge in [-0.3, -0.25) is 0 Å². The molecule has 0 unspecified atom stereocenters. The SMILES string of the molecule is Clc1ccc(CNC2CCCCC2)s1. The van der Waals surface area contributed by atoms with Crippen molar-refractivity contribution in [2.24, 2.45) is 0 Å². The Hall–Kier alpha value is -0.0500. The molecule has 2 rings (SSSR count). The van der Waals surface area contributed by atoms with Crippen LogP contribution in [0.5, 0.6) is 0 Å². The van der Waals surface area contributed by atoms with E-state index in [0.29, 0.717) is 0 Å². The zero-order valence-corrected chi connectivity index (χ0v) is 9.83. The van der Waals surface area contributed by atoms with Crippen LogP contribution in [0.1, 0.15) is 37.0 Å². The van der Waals surface area contributed by atoms with E-state index in [1.165, 1.54) is 37.0 Å². The molecule has 1 nitrogen and oxygen atoms in total. The van der Waals surface area contributed by atoms with Gasteiger partial charge >= 0.3 is 0 Å². The minimum absolute atomic E-state index is 0.740. The molecule has 0 aliphatic heterocycles. The minimum Gasteiger partial charge on any atom is -0.309 e. The Bertz CT molecular complexity index is 279. The third kappa shape index (κ3) is 2.97. The van der Waals surface area contributed by atoms with Crippen LogP contribution in [0.15, 0.2) is 12.1 Å². The Kier molecular flexibility index (Phi) is 3.85. The maximum Gasteiger partial charge on any atom is 0.0931 e. The molecule has 1 aliphatic carbocycles. The van der Waals surface area contributed by atoms with Crippen LogP contribution in [-0.4, -0.2) is 6.04 Å². The molecular formula is C11H16ClNS. The molecule has 1 aromatic heterocycles. The molecule has 1 aromatic rings. The van der Waals surface area contributed by atoms with Crippen LogP contribution in [0, 0.1) is 0 Å². The molecule has 1 saturated carbocycles. The fourth-order valence-electron chi connectivity index (χ4n) is 2.00. The lowest BCUT2D eigenvalue weighted by molar-refractivity contribution is 0.373. The van der Waals surface area contributed by atoms with Crippen molar-refractivity contribution in [3.05, 3.63) is 21.3 Å². The highest BCUT2D eigenvalue weighted by atomic mass is 35.5. The first-order valence-electron chi connectivity index (χ1n) is 5.32. The van der Waals surface area contributed by atoms with Crippen molar-refractivity contribution in [1.82, 2.24) is 5.32 Å². The largest absolute Gasteiger partial charge is 0.309 e. The van der Waals surface area contributed by atoms with Gasteiger partial charge in [0.05, 0.1) is 4.34 Å². The van der Waals surface area contributed by atoms with Crippen molar-refractivity contribution in [1.29, 1.82) is 0 Å². The summed E-state index contributed by atoms with van der Waals surface area (Å²) in [6, 6.07) is 4.83. The lowest BCUT2D eigenvalue weighted by Crippen LogP contribution is -2.30. The molecule has 1 aliphatic rings. The van der Waals surface area contributed by atoms with Gasteiger partial charge < -0.3 is 5.32 Å². The van der Waals surface area contributed by atoms with Crippen LogP contribution in [-0.2, 0) is 6.54 Å². The molecule has 0 amide bonds. The first-order valence-corrected chi connectivity index (χ1v) is 6.51. The summed E-state index contributed by atoms with van der Waals surface area (Å²) in [5.41, 5.74) is 0. The molecular weight excluding hydrogens is 214 g/mol. The lowest BCUT2D eigenvalue weighted by Gasteiger charge is -2.22. The van der Waals surface area contributed by atoms with E-state index in [1.54, 1.807) is 11.3 Å². The van der Waals surface area contributed by atoms with Crippen LogP contribution in [0.2, 0.25) is 4.34 Å². The van der Waals surface area contributed by atoms with Gasteiger partial charge in [-0.05, 0) is 25.0 Å². The third-order valence-corrected chi connectivity index (χ3v) is 4.03. The Labute approximate surface area is 94.5 Å². The number of thiophene rings is 1. The summed E-state index contributed by atoms with van der Waals surface area (Å²) in [6.45, 7) is 0.988. The molecule has 0 spiro atoms. The second kappa shape index (κ2) is 5.15. The van der Waals surface area contributed by atoms with Gasteiger partial charge in [0.1, 0.15) is 0 Å². The van der Waals surface area contributed by atoms with Crippen molar-refractivity contribution >= 4 is 22.9 Å². The summed E-state index contributed by atoms with van der Waals surface area (Å²) < 4.78 is 0.894. The molecule has 3 heteroatoms. The molecule has 0 radical (unpaired) electrons. The fourth-order valence-corrected chi connectivity index (χ4v) is 3.04. The smallest absolute Gasteiger partial charge is 0.0931 e. The molecule has 1 heterocycles. The second-order valence-electron chi connectivity index (χ2n) is 3.92. The van der Waals surface area contributed by atoms with E-state index in [-0.39, 0.29) is 0 Å². The molecule has 78 valence electrons. The van der Waals surface area contributed by atoms with E-state index in [9.17, 15) is 0 Å². The maximum absolute atomic E-state index is 5.87. The lowest BCUT2D eigenvalue weighted by atomic mass is 9.95. The maximum atomic E-state index is 5.87. The molecule has 0 atom stereocenters. The number of nitrogens with one attached hydrogen (secondary N) is 1. The summed E-state index contributed by atoms with van der Waals surface area (Å²) in [4.78, 5) is 1.35. The third-order valence-electron chi connectivity index (χ3n) is 2.80. The Balaban J connectivity index is 1.76. The van der Waals surface area contributed by atoms with Gasteiger partial charge in [-0.1, -0.05) is 30.9 Å². The molecule has 0 saturated heterocycles. The number of hydrogen-bond donors (Lipinski definition) is 1. The first-order chi connectivity index (χ1) is 6.84. The standard InChI is InChI=1S/C11H16ClNS/c12-11-7-6-10(14-11)8-13-9-4-2-1-3-5-9/h6-7,9,13H,1-5,8H2. The second-order valence-corrected chi connectivity index (χ2v) is 5.72. The Morgan fingerprint density at radius 1 is 1.29 bits per heavy atom. The summed E-state index contributed by atoms with van der Waals surface area (Å²) >= 11 is 7.55. The normalized spacial score (nSPS) is 18.6. The Morgan fingerprint density at radius 3 is 2.71 bits per heavy atom. The highest BCUT2D eigenvalue weighted by Gasteiger charge is 2.12. The van der Waals surface area contributed by atoms with Crippen LogP contribution in [0.3, 0.4) is 0 Å². The first kappa shape index (κ1) is 10.5. The predicted octanol–water partition coefficient (Wildman–Crippen LogP) is 3.82. The highest BCUT2D eigenvalue weighted by molar-refractivity contribution is 7.16. The van der Waals surface area contributed by atoms with Crippen LogP contribution < -0.4 is 5.32 Å². The van der Waals surface area contributed by atoms with E-state index in [0.717, 1.165) is 16.9 Å². The zero-order chi connectivity index (χ0) is 9.80. The van der Waals surface area contributed by atoms with E-state index in [1.807, 2.05) is 6.07 Å².